The van der Waals surface area contributed by atoms with Crippen molar-refractivity contribution in [3.8, 4) is 0 Å². The van der Waals surface area contributed by atoms with Gasteiger partial charge in [-0.05, 0) is 39.8 Å². The lowest BCUT2D eigenvalue weighted by molar-refractivity contribution is -0.109. The van der Waals surface area contributed by atoms with E-state index in [1.165, 1.54) is 4.31 Å². The van der Waals surface area contributed by atoms with Gasteiger partial charge in [0.2, 0.25) is 10.0 Å². The fourth-order valence-electron chi connectivity index (χ4n) is 2.75. The van der Waals surface area contributed by atoms with Crippen LogP contribution in [0.3, 0.4) is 0 Å². The highest BCUT2D eigenvalue weighted by Gasteiger charge is 2.38. The van der Waals surface area contributed by atoms with Crippen LogP contribution in [-0.2, 0) is 14.8 Å². The summed E-state index contributed by atoms with van der Waals surface area (Å²) in [6.07, 6.45) is -0.116. The highest BCUT2D eigenvalue weighted by atomic mass is 32.2. The van der Waals surface area contributed by atoms with Crippen molar-refractivity contribution < 1.29 is 13.2 Å². The zero-order valence-corrected chi connectivity index (χ0v) is 13.9. The maximum Gasteiger partial charge on any atom is 0.245 e. The van der Waals surface area contributed by atoms with Crippen molar-refractivity contribution in [1.29, 1.82) is 0 Å². The molecule has 5 nitrogen and oxygen atoms in total. The molecular formula is C15H24N2O3S. The lowest BCUT2D eigenvalue weighted by Crippen LogP contribution is -2.53. The molecule has 1 atom stereocenters. The van der Waals surface area contributed by atoms with Gasteiger partial charge in [-0.1, -0.05) is 12.1 Å². The van der Waals surface area contributed by atoms with Crippen molar-refractivity contribution in [3.63, 3.8) is 0 Å². The molecule has 0 amide bonds. The van der Waals surface area contributed by atoms with E-state index in [-0.39, 0.29) is 6.10 Å². The minimum Gasteiger partial charge on any atom is -0.384 e. The lowest BCUT2D eigenvalue weighted by Gasteiger charge is -2.41. The number of benzene rings is 1. The Kier molecular flexibility index (Phi) is 4.60. The number of nitrogens with one attached hydrogen (secondary N) is 1. The van der Waals surface area contributed by atoms with Crippen LogP contribution in [0.15, 0.2) is 29.2 Å². The quantitative estimate of drug-likeness (QED) is 0.927. The van der Waals surface area contributed by atoms with Crippen LogP contribution in [-0.4, -0.2) is 44.1 Å². The van der Waals surface area contributed by atoms with Crippen LogP contribution in [0, 0.1) is 0 Å². The topological polar surface area (TPSA) is 58.6 Å². The van der Waals surface area contributed by atoms with E-state index in [0.29, 0.717) is 30.2 Å². The van der Waals surface area contributed by atoms with Gasteiger partial charge in [0.05, 0.1) is 17.4 Å². The van der Waals surface area contributed by atoms with Crippen LogP contribution in [0.1, 0.15) is 27.7 Å². The van der Waals surface area contributed by atoms with E-state index >= 15 is 0 Å². The first-order valence-corrected chi connectivity index (χ1v) is 8.71. The highest BCUT2D eigenvalue weighted by Crippen LogP contribution is 2.29. The fraction of sp³-hybridized carbons (Fsp3) is 0.600. The van der Waals surface area contributed by atoms with E-state index in [2.05, 4.69) is 5.32 Å². The molecular weight excluding hydrogens is 288 g/mol. The average Bonchev–Trinajstić information content (AvgIpc) is 2.37. The molecule has 0 aliphatic carbocycles. The summed E-state index contributed by atoms with van der Waals surface area (Å²) in [6, 6.07) is 7.04. The molecule has 1 N–H and O–H groups in total. The van der Waals surface area contributed by atoms with Crippen LogP contribution in [0.5, 0.6) is 0 Å². The van der Waals surface area contributed by atoms with Gasteiger partial charge in [0.25, 0.3) is 0 Å². The number of hydrogen-bond donors (Lipinski definition) is 1. The van der Waals surface area contributed by atoms with Gasteiger partial charge in [-0.3, -0.25) is 0 Å². The summed E-state index contributed by atoms with van der Waals surface area (Å²) in [5.74, 6) is 0. The second-order valence-corrected chi connectivity index (χ2v) is 7.92. The molecule has 1 fully saturated rings. The predicted octanol–water partition coefficient (Wildman–Crippen LogP) is 2.31. The Bertz CT molecular complexity index is 599. The molecule has 0 saturated carbocycles. The van der Waals surface area contributed by atoms with Crippen molar-refractivity contribution >= 4 is 15.7 Å². The van der Waals surface area contributed by atoms with Crippen molar-refractivity contribution in [2.45, 2.75) is 44.3 Å². The van der Waals surface area contributed by atoms with Crippen LogP contribution < -0.4 is 5.32 Å². The molecule has 0 spiro atoms. The third-order valence-electron chi connectivity index (χ3n) is 3.41. The largest absolute Gasteiger partial charge is 0.384 e. The molecule has 6 heteroatoms. The van der Waals surface area contributed by atoms with Crippen LogP contribution in [0.25, 0.3) is 0 Å². The Hall–Kier alpha value is -1.11. The molecule has 1 saturated heterocycles. The van der Waals surface area contributed by atoms with E-state index in [1.807, 2.05) is 33.8 Å². The fourth-order valence-corrected chi connectivity index (χ4v) is 4.58. The zero-order chi connectivity index (χ0) is 15.7. The minimum atomic E-state index is -3.53. The molecule has 21 heavy (non-hydrogen) atoms. The molecule has 2 rings (SSSR count). The highest BCUT2D eigenvalue weighted by molar-refractivity contribution is 7.89. The van der Waals surface area contributed by atoms with Crippen LogP contribution >= 0.6 is 0 Å². The Balaban J connectivity index is 2.38. The first-order valence-electron chi connectivity index (χ1n) is 7.27. The van der Waals surface area contributed by atoms with Crippen molar-refractivity contribution in [2.24, 2.45) is 0 Å². The van der Waals surface area contributed by atoms with Crippen LogP contribution in [0.2, 0.25) is 0 Å². The maximum absolute atomic E-state index is 12.9. The molecule has 1 aromatic rings. The van der Waals surface area contributed by atoms with E-state index in [4.69, 9.17) is 4.74 Å². The summed E-state index contributed by atoms with van der Waals surface area (Å²) in [5.41, 5.74) is 0.176. The van der Waals surface area contributed by atoms with Gasteiger partial charge in [0, 0.05) is 19.6 Å². The van der Waals surface area contributed by atoms with E-state index < -0.39 is 15.6 Å². The van der Waals surface area contributed by atoms with Gasteiger partial charge in [-0.15, -0.1) is 0 Å². The smallest absolute Gasteiger partial charge is 0.245 e. The molecule has 1 heterocycles. The van der Waals surface area contributed by atoms with E-state index in [9.17, 15) is 8.42 Å². The van der Waals surface area contributed by atoms with Crippen LogP contribution in [0.4, 0.5) is 5.69 Å². The van der Waals surface area contributed by atoms with Gasteiger partial charge in [-0.2, -0.15) is 4.31 Å². The normalized spacial score (nSPS) is 23.0. The Morgan fingerprint density at radius 3 is 2.67 bits per heavy atom. The summed E-state index contributed by atoms with van der Waals surface area (Å²) < 4.78 is 33.2. The van der Waals surface area contributed by atoms with Gasteiger partial charge in [0.1, 0.15) is 4.90 Å². The number of ether oxygens (including phenoxy) is 1. The molecule has 1 aromatic carbocycles. The SMILES string of the molecule is CCNc1ccccc1S(=O)(=O)N1CC(C)OC(C)(C)C1. The predicted molar refractivity (Wildman–Crippen MR) is 84.0 cm³/mol. The van der Waals surface area contributed by atoms with Gasteiger partial charge >= 0.3 is 0 Å². The van der Waals surface area contributed by atoms with Gasteiger partial charge in [-0.25, -0.2) is 8.42 Å². The summed E-state index contributed by atoms with van der Waals surface area (Å²) in [4.78, 5) is 0.330. The molecule has 1 aliphatic heterocycles. The maximum atomic E-state index is 12.9. The Morgan fingerprint density at radius 1 is 1.38 bits per heavy atom. The molecule has 0 aromatic heterocycles. The number of morpholine rings is 1. The molecule has 1 aliphatic rings. The van der Waals surface area contributed by atoms with Crippen molar-refractivity contribution in [1.82, 2.24) is 4.31 Å². The van der Waals surface area contributed by atoms with E-state index in [1.54, 1.807) is 18.2 Å². The zero-order valence-electron chi connectivity index (χ0n) is 13.1. The van der Waals surface area contributed by atoms with Gasteiger partial charge < -0.3 is 10.1 Å². The minimum absolute atomic E-state index is 0.116. The molecule has 118 valence electrons. The average molecular weight is 312 g/mol. The Labute approximate surface area is 127 Å². The summed E-state index contributed by atoms with van der Waals surface area (Å²) in [7, 11) is -3.53. The number of nitrogens with zero attached hydrogens (tertiary/aromatic N) is 1. The number of sulfonamides is 1. The second kappa shape index (κ2) is 5.94. The second-order valence-electron chi connectivity index (χ2n) is 6.01. The summed E-state index contributed by atoms with van der Waals surface area (Å²) >= 11 is 0. The summed E-state index contributed by atoms with van der Waals surface area (Å²) in [5, 5.41) is 3.12. The first-order chi connectivity index (χ1) is 9.76. The number of rotatable bonds is 4. The standard InChI is InChI=1S/C15H24N2O3S/c1-5-16-13-8-6-7-9-14(13)21(18,19)17-10-12(2)20-15(3,4)11-17/h6-9,12,16H,5,10-11H2,1-4H3. The molecule has 0 radical (unpaired) electrons. The third-order valence-corrected chi connectivity index (χ3v) is 5.28. The first kappa shape index (κ1) is 16.3. The Morgan fingerprint density at radius 2 is 2.05 bits per heavy atom. The number of anilines is 1. The van der Waals surface area contributed by atoms with E-state index in [0.717, 1.165) is 0 Å². The number of para-hydroxylation sites is 1. The van der Waals surface area contributed by atoms with Crippen molar-refractivity contribution in [3.05, 3.63) is 24.3 Å². The third kappa shape index (κ3) is 3.56. The molecule has 0 bridgehead atoms. The molecule has 1 unspecified atom stereocenters. The lowest BCUT2D eigenvalue weighted by atomic mass is 10.1. The summed E-state index contributed by atoms with van der Waals surface area (Å²) in [6.45, 7) is 9.11. The van der Waals surface area contributed by atoms with Gasteiger partial charge in [0.15, 0.2) is 0 Å². The monoisotopic (exact) mass is 312 g/mol. The number of hydrogen-bond acceptors (Lipinski definition) is 4. The van der Waals surface area contributed by atoms with Crippen molar-refractivity contribution in [2.75, 3.05) is 25.0 Å².